The zero-order valence-electron chi connectivity index (χ0n) is 13.4. The Morgan fingerprint density at radius 1 is 1.46 bits per heavy atom. The van der Waals surface area contributed by atoms with Gasteiger partial charge in [-0.3, -0.25) is 14.3 Å². The van der Waals surface area contributed by atoms with Gasteiger partial charge in [0.15, 0.2) is 0 Å². The lowest BCUT2D eigenvalue weighted by Gasteiger charge is -2.35. The van der Waals surface area contributed by atoms with Gasteiger partial charge in [0, 0.05) is 19.9 Å². The van der Waals surface area contributed by atoms with E-state index in [9.17, 15) is 22.8 Å². The number of nitrogens with zero attached hydrogens (tertiary/aromatic N) is 3. The van der Waals surface area contributed by atoms with Gasteiger partial charge in [0.2, 0.25) is 5.91 Å². The van der Waals surface area contributed by atoms with Crippen molar-refractivity contribution in [1.29, 1.82) is 0 Å². The van der Waals surface area contributed by atoms with Crippen LogP contribution in [0.3, 0.4) is 0 Å². The Labute approximate surface area is 136 Å². The summed E-state index contributed by atoms with van der Waals surface area (Å²) in [4.78, 5) is 26.0. The predicted molar refractivity (Wildman–Crippen MR) is 77.1 cm³/mol. The molecule has 1 fully saturated rings. The van der Waals surface area contributed by atoms with Gasteiger partial charge in [-0.15, -0.1) is 0 Å². The Morgan fingerprint density at radius 2 is 2.12 bits per heavy atom. The summed E-state index contributed by atoms with van der Waals surface area (Å²) in [5.41, 5.74) is 4.36. The molecular weight excluding hydrogens is 329 g/mol. The van der Waals surface area contributed by atoms with Crippen LogP contribution >= 0.6 is 0 Å². The maximum atomic E-state index is 12.8. The topological polar surface area (TPSA) is 90.5 Å². The molecule has 0 aliphatic carbocycles. The minimum Gasteiger partial charge on any atom is -0.382 e. The first kappa shape index (κ1) is 18.2. The van der Waals surface area contributed by atoms with E-state index in [1.165, 1.54) is 18.9 Å². The highest BCUT2D eigenvalue weighted by Crippen LogP contribution is 2.31. The van der Waals surface area contributed by atoms with E-state index in [4.69, 9.17) is 10.5 Å². The van der Waals surface area contributed by atoms with Gasteiger partial charge in [-0.2, -0.15) is 18.3 Å². The number of alkyl halides is 3. The van der Waals surface area contributed by atoms with Crippen LogP contribution in [-0.4, -0.2) is 58.5 Å². The zero-order chi connectivity index (χ0) is 18.1. The molecule has 24 heavy (non-hydrogen) atoms. The molecule has 2 heterocycles. The summed E-state index contributed by atoms with van der Waals surface area (Å²) in [5, 5.41) is 3.73. The number of aromatic nitrogens is 2. The Hall–Kier alpha value is -2.10. The molecule has 0 saturated carbocycles. The molecular formula is C14H19F3N4O3. The molecule has 1 aliphatic heterocycles. The molecule has 1 aromatic rings. The lowest BCUT2D eigenvalue weighted by atomic mass is 9.95. The molecule has 2 amide bonds. The third-order valence-corrected chi connectivity index (χ3v) is 4.09. The van der Waals surface area contributed by atoms with Crippen molar-refractivity contribution < 1.29 is 27.5 Å². The summed E-state index contributed by atoms with van der Waals surface area (Å²) in [6, 6.07) is 0. The summed E-state index contributed by atoms with van der Waals surface area (Å²) in [6.07, 6.45) is -2.51. The van der Waals surface area contributed by atoms with E-state index >= 15 is 0 Å². The lowest BCUT2D eigenvalue weighted by molar-refractivity contribution is -0.142. The fraction of sp³-hybridized carbons (Fsp3) is 0.643. The number of carbonyl (C=O) groups is 2. The summed E-state index contributed by atoms with van der Waals surface area (Å²) in [6.45, 7) is 0.359. The molecule has 0 aromatic carbocycles. The molecule has 1 aromatic heterocycles. The van der Waals surface area contributed by atoms with Crippen LogP contribution in [-0.2, 0) is 16.1 Å². The largest absolute Gasteiger partial charge is 0.408 e. The maximum absolute atomic E-state index is 12.8. The second-order valence-electron chi connectivity index (χ2n) is 5.83. The smallest absolute Gasteiger partial charge is 0.382 e. The van der Waals surface area contributed by atoms with Crippen molar-refractivity contribution in [3.05, 3.63) is 17.5 Å². The Kier molecular flexibility index (Phi) is 4.88. The van der Waals surface area contributed by atoms with Crippen molar-refractivity contribution in [1.82, 2.24) is 14.7 Å². The van der Waals surface area contributed by atoms with E-state index in [0.717, 1.165) is 6.20 Å². The van der Waals surface area contributed by atoms with Gasteiger partial charge < -0.3 is 15.4 Å². The van der Waals surface area contributed by atoms with Crippen molar-refractivity contribution >= 4 is 11.8 Å². The summed E-state index contributed by atoms with van der Waals surface area (Å²) >= 11 is 0. The van der Waals surface area contributed by atoms with Crippen LogP contribution in [0.4, 0.5) is 13.2 Å². The first-order valence-electron chi connectivity index (χ1n) is 7.32. The number of primary amides is 1. The van der Waals surface area contributed by atoms with Crippen LogP contribution in [0.25, 0.3) is 0 Å². The predicted octanol–water partition coefficient (Wildman–Crippen LogP) is 0.860. The number of halogens is 3. The van der Waals surface area contributed by atoms with Crippen LogP contribution in [0.2, 0.25) is 0 Å². The maximum Gasteiger partial charge on any atom is 0.408 e. The molecule has 2 rings (SSSR count). The van der Waals surface area contributed by atoms with Crippen molar-refractivity contribution in [3.63, 3.8) is 0 Å². The summed E-state index contributed by atoms with van der Waals surface area (Å²) in [5.74, 6) is -1.27. The number of likely N-dealkylation sites (tertiary alicyclic amines) is 1. The van der Waals surface area contributed by atoms with Gasteiger partial charge in [-0.25, -0.2) is 0 Å². The van der Waals surface area contributed by atoms with Crippen LogP contribution in [0.1, 0.15) is 28.9 Å². The van der Waals surface area contributed by atoms with Gasteiger partial charge >= 0.3 is 6.18 Å². The van der Waals surface area contributed by atoms with Crippen LogP contribution in [0, 0.1) is 6.92 Å². The molecule has 1 unspecified atom stereocenters. The van der Waals surface area contributed by atoms with E-state index in [1.807, 2.05) is 0 Å². The Bertz CT molecular complexity index is 644. The second kappa shape index (κ2) is 6.42. The number of ether oxygens (including phenoxy) is 1. The fourth-order valence-corrected chi connectivity index (χ4v) is 3.03. The summed E-state index contributed by atoms with van der Waals surface area (Å²) < 4.78 is 43.2. The fourth-order valence-electron chi connectivity index (χ4n) is 3.03. The first-order valence-corrected chi connectivity index (χ1v) is 7.32. The number of rotatable bonds is 5. The van der Waals surface area contributed by atoms with Gasteiger partial charge in [0.05, 0.1) is 17.9 Å². The normalized spacial score (nSPS) is 21.3. The molecule has 1 atom stereocenters. The molecule has 1 saturated heterocycles. The molecule has 0 spiro atoms. The molecule has 10 heteroatoms. The number of hydrogen-bond donors (Lipinski definition) is 1. The van der Waals surface area contributed by atoms with E-state index in [0.29, 0.717) is 17.5 Å². The van der Waals surface area contributed by atoms with Crippen LogP contribution in [0.15, 0.2) is 6.20 Å². The third-order valence-electron chi connectivity index (χ3n) is 4.09. The molecule has 2 N–H and O–H groups in total. The number of amides is 2. The van der Waals surface area contributed by atoms with Crippen LogP contribution < -0.4 is 5.73 Å². The SMILES string of the molecule is COCC1(C(N)=O)CCCN1C(=O)c1cn(CC(F)(F)F)nc1C. The Morgan fingerprint density at radius 3 is 2.67 bits per heavy atom. The highest BCUT2D eigenvalue weighted by molar-refractivity contribution is 6.00. The van der Waals surface area contributed by atoms with Gasteiger partial charge in [0.25, 0.3) is 5.91 Å². The molecule has 0 radical (unpaired) electrons. The number of nitrogens with two attached hydrogens (primary N) is 1. The lowest BCUT2D eigenvalue weighted by Crippen LogP contribution is -2.58. The molecule has 1 aliphatic rings. The minimum absolute atomic E-state index is 0.0166. The summed E-state index contributed by atoms with van der Waals surface area (Å²) in [7, 11) is 1.39. The number of hydrogen-bond acceptors (Lipinski definition) is 4. The average molecular weight is 348 g/mol. The first-order chi connectivity index (χ1) is 11.1. The van der Waals surface area contributed by atoms with E-state index in [2.05, 4.69) is 5.10 Å². The van der Waals surface area contributed by atoms with Gasteiger partial charge in [0.1, 0.15) is 12.1 Å². The standard InChI is InChI=1S/C14H19F3N4O3/c1-9-10(6-20(19-9)7-14(15,16)17)11(22)21-5-3-4-13(21,8-24-2)12(18)23/h6H,3-5,7-8H2,1-2H3,(H2,18,23). The molecule has 0 bridgehead atoms. The van der Waals surface area contributed by atoms with E-state index in [-0.39, 0.29) is 24.4 Å². The molecule has 134 valence electrons. The second-order valence-corrected chi connectivity index (χ2v) is 5.83. The third kappa shape index (κ3) is 3.37. The quantitative estimate of drug-likeness (QED) is 0.854. The van der Waals surface area contributed by atoms with Crippen molar-refractivity contribution in [2.24, 2.45) is 5.73 Å². The highest BCUT2D eigenvalue weighted by Gasteiger charge is 2.49. The van der Waals surface area contributed by atoms with Crippen molar-refractivity contribution in [2.45, 2.75) is 38.0 Å². The number of carbonyl (C=O) groups excluding carboxylic acids is 2. The van der Waals surface area contributed by atoms with Crippen molar-refractivity contribution in [3.8, 4) is 0 Å². The zero-order valence-corrected chi connectivity index (χ0v) is 13.4. The van der Waals surface area contributed by atoms with Crippen molar-refractivity contribution in [2.75, 3.05) is 20.3 Å². The molecule has 7 nitrogen and oxygen atoms in total. The van der Waals surface area contributed by atoms with Gasteiger partial charge in [-0.05, 0) is 19.8 Å². The van der Waals surface area contributed by atoms with E-state index < -0.39 is 30.1 Å². The Balaban J connectivity index is 2.32. The average Bonchev–Trinajstić information content (AvgIpc) is 3.01. The monoisotopic (exact) mass is 348 g/mol. The van der Waals surface area contributed by atoms with Gasteiger partial charge in [-0.1, -0.05) is 0 Å². The number of aryl methyl sites for hydroxylation is 1. The van der Waals surface area contributed by atoms with E-state index in [1.54, 1.807) is 0 Å². The minimum atomic E-state index is -4.44. The number of methoxy groups -OCH3 is 1. The van der Waals surface area contributed by atoms with Crippen LogP contribution in [0.5, 0.6) is 0 Å². The highest BCUT2D eigenvalue weighted by atomic mass is 19.4.